The predicted molar refractivity (Wildman–Crippen MR) is 91.0 cm³/mol. The molecular formula is C19H24F2N2O3. The average molecular weight is 366 g/mol. The van der Waals surface area contributed by atoms with Gasteiger partial charge in [-0.2, -0.15) is 0 Å². The van der Waals surface area contributed by atoms with E-state index < -0.39 is 11.6 Å². The number of amides is 2. The van der Waals surface area contributed by atoms with E-state index in [0.29, 0.717) is 0 Å². The number of benzene rings is 1. The van der Waals surface area contributed by atoms with Gasteiger partial charge in [-0.3, -0.25) is 0 Å². The Morgan fingerprint density at radius 3 is 2.54 bits per heavy atom. The van der Waals surface area contributed by atoms with Crippen LogP contribution in [-0.4, -0.2) is 49.4 Å². The number of likely N-dealkylation sites (tertiary alicyclic amines) is 1. The number of carbonyl (C=O) groups is 1. The number of ether oxygens (including phenoxy) is 2. The predicted octanol–water partition coefficient (Wildman–Crippen LogP) is 3.09. The van der Waals surface area contributed by atoms with E-state index in [9.17, 15) is 13.6 Å². The van der Waals surface area contributed by atoms with Crippen LogP contribution in [0.2, 0.25) is 0 Å². The van der Waals surface area contributed by atoms with Crippen molar-refractivity contribution in [1.29, 1.82) is 0 Å². The Balaban J connectivity index is 1.32. The molecule has 2 amide bonds. The summed E-state index contributed by atoms with van der Waals surface area (Å²) in [5.74, 6) is -1.17. The molecule has 3 aliphatic rings. The fraction of sp³-hybridized carbons (Fsp3) is 0.632. The lowest BCUT2D eigenvalue weighted by molar-refractivity contribution is -0.0622. The van der Waals surface area contributed by atoms with E-state index in [4.69, 9.17) is 9.47 Å². The number of urea groups is 1. The van der Waals surface area contributed by atoms with E-state index in [1.165, 1.54) is 12.1 Å². The third-order valence-electron chi connectivity index (χ3n) is 5.78. The second kappa shape index (κ2) is 7.02. The van der Waals surface area contributed by atoms with Gasteiger partial charge in [0.25, 0.3) is 0 Å². The smallest absolute Gasteiger partial charge is 0.317 e. The van der Waals surface area contributed by atoms with E-state index >= 15 is 0 Å². The monoisotopic (exact) mass is 366 g/mol. The van der Waals surface area contributed by atoms with E-state index in [0.717, 1.165) is 64.5 Å². The van der Waals surface area contributed by atoms with E-state index in [1.807, 2.05) is 4.90 Å². The lowest BCUT2D eigenvalue weighted by atomic mass is 9.73. The van der Waals surface area contributed by atoms with Crippen LogP contribution in [0.1, 0.15) is 32.1 Å². The highest BCUT2D eigenvalue weighted by atomic mass is 19.1. The molecule has 1 aromatic carbocycles. The zero-order valence-electron chi connectivity index (χ0n) is 14.7. The van der Waals surface area contributed by atoms with Crippen molar-refractivity contribution in [1.82, 2.24) is 10.2 Å². The Morgan fingerprint density at radius 2 is 1.85 bits per heavy atom. The maximum atomic E-state index is 13.3. The minimum atomic E-state index is -0.666. The van der Waals surface area contributed by atoms with Gasteiger partial charge >= 0.3 is 6.03 Å². The van der Waals surface area contributed by atoms with E-state index in [2.05, 4.69) is 5.32 Å². The molecule has 3 fully saturated rings. The van der Waals surface area contributed by atoms with Crippen LogP contribution in [0.3, 0.4) is 0 Å². The topological polar surface area (TPSA) is 50.8 Å². The number of rotatable bonds is 3. The van der Waals surface area contributed by atoms with E-state index in [1.54, 1.807) is 0 Å². The zero-order chi connectivity index (χ0) is 18.1. The summed E-state index contributed by atoms with van der Waals surface area (Å²) in [5.41, 5.74) is 0.236. The molecule has 26 heavy (non-hydrogen) atoms. The fourth-order valence-corrected chi connectivity index (χ4v) is 4.28. The molecule has 1 saturated carbocycles. The van der Waals surface area contributed by atoms with Crippen LogP contribution in [0, 0.1) is 17.0 Å². The van der Waals surface area contributed by atoms with Gasteiger partial charge in [0, 0.05) is 49.9 Å². The number of hydrogen-bond acceptors (Lipinski definition) is 3. The van der Waals surface area contributed by atoms with Crippen LogP contribution in [0.4, 0.5) is 13.6 Å². The van der Waals surface area contributed by atoms with Gasteiger partial charge in [-0.25, -0.2) is 13.6 Å². The molecule has 142 valence electrons. The maximum Gasteiger partial charge on any atom is 0.317 e. The molecule has 2 atom stereocenters. The molecule has 2 aliphatic heterocycles. The molecule has 1 aliphatic carbocycles. The number of hydrogen-bond donors (Lipinski definition) is 1. The molecule has 2 heterocycles. The van der Waals surface area contributed by atoms with Crippen molar-refractivity contribution in [2.24, 2.45) is 5.41 Å². The Kier molecular flexibility index (Phi) is 4.73. The highest BCUT2D eigenvalue weighted by molar-refractivity contribution is 5.75. The summed E-state index contributed by atoms with van der Waals surface area (Å²) >= 11 is 0. The maximum absolute atomic E-state index is 13.3. The average Bonchev–Trinajstić information content (AvgIpc) is 2.99. The molecule has 2 saturated heterocycles. The standard InChI is InChI=1S/C19H24F2N2O3/c20-13-8-14(21)10-15(9-13)26-17-3-1-2-16(17)22-18(24)23-11-19(12-23)4-6-25-7-5-19/h8-10,16-17H,1-7,11-12H2,(H,22,24)/t16-,17+/m0/s1. The highest BCUT2D eigenvalue weighted by Crippen LogP contribution is 2.39. The van der Waals surface area contributed by atoms with Crippen molar-refractivity contribution < 1.29 is 23.0 Å². The summed E-state index contributed by atoms with van der Waals surface area (Å²) in [6.45, 7) is 3.10. The van der Waals surface area contributed by atoms with Gasteiger partial charge in [0.15, 0.2) is 0 Å². The summed E-state index contributed by atoms with van der Waals surface area (Å²) in [6.07, 6.45) is 4.23. The normalized spacial score (nSPS) is 27.2. The van der Waals surface area contributed by atoms with Crippen LogP contribution in [0.25, 0.3) is 0 Å². The van der Waals surface area contributed by atoms with Crippen molar-refractivity contribution in [3.8, 4) is 5.75 Å². The summed E-state index contributed by atoms with van der Waals surface area (Å²) in [6, 6.07) is 2.94. The van der Waals surface area contributed by atoms with Crippen LogP contribution in [0.5, 0.6) is 5.75 Å². The first kappa shape index (κ1) is 17.5. The summed E-state index contributed by atoms with van der Waals surface area (Å²) in [4.78, 5) is 14.4. The van der Waals surface area contributed by atoms with Crippen molar-refractivity contribution in [2.75, 3.05) is 26.3 Å². The van der Waals surface area contributed by atoms with Gasteiger partial charge < -0.3 is 19.7 Å². The van der Waals surface area contributed by atoms with Gasteiger partial charge in [-0.15, -0.1) is 0 Å². The fourth-order valence-electron chi connectivity index (χ4n) is 4.28. The first-order valence-electron chi connectivity index (χ1n) is 9.29. The lowest BCUT2D eigenvalue weighted by Gasteiger charge is -2.52. The van der Waals surface area contributed by atoms with Crippen molar-refractivity contribution in [3.63, 3.8) is 0 Å². The van der Waals surface area contributed by atoms with Gasteiger partial charge in [-0.1, -0.05) is 0 Å². The molecule has 1 N–H and O–H groups in total. The van der Waals surface area contributed by atoms with Crippen LogP contribution < -0.4 is 10.1 Å². The molecule has 5 nitrogen and oxygen atoms in total. The summed E-state index contributed by atoms with van der Waals surface area (Å²) in [5, 5.41) is 3.05. The summed E-state index contributed by atoms with van der Waals surface area (Å²) < 4.78 is 37.8. The minimum Gasteiger partial charge on any atom is -0.488 e. The minimum absolute atomic E-state index is 0.0759. The van der Waals surface area contributed by atoms with Crippen molar-refractivity contribution in [3.05, 3.63) is 29.8 Å². The van der Waals surface area contributed by atoms with Crippen LogP contribution in [-0.2, 0) is 4.74 Å². The van der Waals surface area contributed by atoms with Gasteiger partial charge in [0.2, 0.25) is 0 Å². The molecular weight excluding hydrogens is 342 g/mol. The molecule has 0 radical (unpaired) electrons. The Morgan fingerprint density at radius 1 is 1.15 bits per heavy atom. The Bertz CT molecular complexity index is 650. The van der Waals surface area contributed by atoms with Gasteiger partial charge in [-0.05, 0) is 32.1 Å². The Labute approximate surface area is 151 Å². The second-order valence-corrected chi connectivity index (χ2v) is 7.72. The van der Waals surface area contributed by atoms with Crippen LogP contribution in [0.15, 0.2) is 18.2 Å². The third-order valence-corrected chi connectivity index (χ3v) is 5.78. The highest BCUT2D eigenvalue weighted by Gasteiger charge is 2.46. The Hall–Kier alpha value is -1.89. The molecule has 0 bridgehead atoms. The number of nitrogens with zero attached hydrogens (tertiary/aromatic N) is 1. The first-order chi connectivity index (χ1) is 12.5. The second-order valence-electron chi connectivity index (χ2n) is 7.72. The molecule has 1 spiro atoms. The quantitative estimate of drug-likeness (QED) is 0.894. The zero-order valence-corrected chi connectivity index (χ0v) is 14.7. The SMILES string of the molecule is O=C(N[C@H]1CCC[C@H]1Oc1cc(F)cc(F)c1)N1CC2(CCOCC2)C1. The van der Waals surface area contributed by atoms with Crippen molar-refractivity contribution in [2.45, 2.75) is 44.2 Å². The largest absolute Gasteiger partial charge is 0.488 e. The van der Waals surface area contributed by atoms with E-state index in [-0.39, 0.29) is 29.3 Å². The number of nitrogens with one attached hydrogen (secondary N) is 1. The molecule has 7 heteroatoms. The molecule has 4 rings (SSSR count). The molecule has 0 aromatic heterocycles. The molecule has 1 aromatic rings. The lowest BCUT2D eigenvalue weighted by Crippen LogP contribution is -2.63. The number of halogens is 2. The third kappa shape index (κ3) is 3.63. The molecule has 0 unspecified atom stereocenters. The van der Waals surface area contributed by atoms with Crippen LogP contribution >= 0.6 is 0 Å². The first-order valence-corrected chi connectivity index (χ1v) is 9.29. The number of carbonyl (C=O) groups excluding carboxylic acids is 1. The van der Waals surface area contributed by atoms with Gasteiger partial charge in [0.05, 0.1) is 6.04 Å². The van der Waals surface area contributed by atoms with Crippen molar-refractivity contribution >= 4 is 6.03 Å². The van der Waals surface area contributed by atoms with Gasteiger partial charge in [0.1, 0.15) is 23.5 Å². The summed E-state index contributed by atoms with van der Waals surface area (Å²) in [7, 11) is 0.